The van der Waals surface area contributed by atoms with E-state index in [0.29, 0.717) is 6.42 Å². The molecule has 0 heterocycles. The van der Waals surface area contributed by atoms with Crippen molar-refractivity contribution in [3.63, 3.8) is 0 Å². The highest BCUT2D eigenvalue weighted by Gasteiger charge is 2.13. The fourth-order valence-corrected chi connectivity index (χ4v) is 1.05. The lowest BCUT2D eigenvalue weighted by Crippen LogP contribution is -2.01. The van der Waals surface area contributed by atoms with Crippen LogP contribution in [0, 0.1) is 5.92 Å². The number of carbonyl (C=O) groups is 1. The van der Waals surface area contributed by atoms with Crippen molar-refractivity contribution in [2.45, 2.75) is 20.3 Å². The molecule has 0 aliphatic carbocycles. The van der Waals surface area contributed by atoms with Gasteiger partial charge in [0.25, 0.3) is 0 Å². The third-order valence-electron chi connectivity index (χ3n) is 1.61. The molecule has 0 aliphatic heterocycles. The van der Waals surface area contributed by atoms with Crippen LogP contribution >= 0.6 is 0 Å². The molecule has 0 unspecified atom stereocenters. The lowest BCUT2D eigenvalue weighted by Gasteiger charge is -1.96. The molecule has 0 spiro atoms. The predicted molar refractivity (Wildman–Crippen MR) is 50.0 cm³/mol. The van der Waals surface area contributed by atoms with Gasteiger partial charge in [0.15, 0.2) is 6.42 Å². The van der Waals surface area contributed by atoms with Crippen LogP contribution in [0.4, 0.5) is 0 Å². The Labute approximate surface area is 73.4 Å². The third-order valence-corrected chi connectivity index (χ3v) is 1.61. The standard InChI is InChI=1S/C11H13O/c1-9(2)8-11(12)10-6-4-3-5-7-10/h3-7H,8H2,1-2H3/q+1. The maximum atomic E-state index is 11.4. The van der Waals surface area contributed by atoms with Gasteiger partial charge < -0.3 is 0 Å². The summed E-state index contributed by atoms with van der Waals surface area (Å²) in [6, 6.07) is 9.40. The fourth-order valence-electron chi connectivity index (χ4n) is 1.05. The second-order valence-corrected chi connectivity index (χ2v) is 3.17. The molecule has 0 fully saturated rings. The number of ketones is 1. The first-order chi connectivity index (χ1) is 5.70. The number of hydrogen-bond donors (Lipinski definition) is 0. The van der Waals surface area contributed by atoms with Crippen molar-refractivity contribution in [3.05, 3.63) is 41.8 Å². The van der Waals surface area contributed by atoms with Crippen molar-refractivity contribution in [2.24, 2.45) is 0 Å². The summed E-state index contributed by atoms with van der Waals surface area (Å²) in [5, 5.41) is 0. The highest BCUT2D eigenvalue weighted by molar-refractivity contribution is 5.96. The number of rotatable bonds is 3. The monoisotopic (exact) mass is 161 g/mol. The summed E-state index contributed by atoms with van der Waals surface area (Å²) in [5.41, 5.74) is 0.804. The van der Waals surface area contributed by atoms with Crippen LogP contribution in [0.1, 0.15) is 30.6 Å². The molecule has 0 aromatic heterocycles. The molecule has 1 aromatic rings. The van der Waals surface area contributed by atoms with E-state index in [-0.39, 0.29) is 5.78 Å². The molecule has 0 amide bonds. The Morgan fingerprint density at radius 2 is 1.83 bits per heavy atom. The Kier molecular flexibility index (Phi) is 2.92. The lowest BCUT2D eigenvalue weighted by atomic mass is 10.0. The van der Waals surface area contributed by atoms with Crippen molar-refractivity contribution in [2.75, 3.05) is 0 Å². The molecule has 0 aliphatic rings. The van der Waals surface area contributed by atoms with Gasteiger partial charge in [-0.05, 0) is 0 Å². The van der Waals surface area contributed by atoms with Gasteiger partial charge in [-0.25, -0.2) is 0 Å². The smallest absolute Gasteiger partial charge is 0.207 e. The molecule has 0 bridgehead atoms. The van der Waals surface area contributed by atoms with Crippen LogP contribution in [-0.4, -0.2) is 5.78 Å². The largest absolute Gasteiger partial charge is 0.289 e. The molecule has 0 atom stereocenters. The maximum Gasteiger partial charge on any atom is 0.207 e. The van der Waals surface area contributed by atoms with Gasteiger partial charge in [0.05, 0.1) is 19.8 Å². The summed E-state index contributed by atoms with van der Waals surface area (Å²) >= 11 is 0. The van der Waals surface area contributed by atoms with Crippen molar-refractivity contribution in [1.29, 1.82) is 0 Å². The Morgan fingerprint density at radius 1 is 1.25 bits per heavy atom. The molecular formula is C11H13O+. The van der Waals surface area contributed by atoms with Gasteiger partial charge in [-0.3, -0.25) is 4.79 Å². The minimum Gasteiger partial charge on any atom is -0.289 e. The Hall–Kier alpha value is -1.24. The van der Waals surface area contributed by atoms with Gasteiger partial charge in [-0.15, -0.1) is 0 Å². The molecule has 1 heteroatoms. The topological polar surface area (TPSA) is 17.1 Å². The zero-order valence-corrected chi connectivity index (χ0v) is 7.50. The van der Waals surface area contributed by atoms with E-state index >= 15 is 0 Å². The van der Waals surface area contributed by atoms with Crippen molar-refractivity contribution in [3.8, 4) is 0 Å². The first-order valence-corrected chi connectivity index (χ1v) is 4.07. The molecule has 0 radical (unpaired) electrons. The first-order valence-electron chi connectivity index (χ1n) is 4.07. The van der Waals surface area contributed by atoms with Gasteiger partial charge >= 0.3 is 0 Å². The van der Waals surface area contributed by atoms with Gasteiger partial charge in [0.2, 0.25) is 5.78 Å². The van der Waals surface area contributed by atoms with E-state index in [1.807, 2.05) is 44.2 Å². The zero-order valence-electron chi connectivity index (χ0n) is 7.50. The average Bonchev–Trinajstić information content (AvgIpc) is 2.05. The molecular weight excluding hydrogens is 148 g/mol. The second-order valence-electron chi connectivity index (χ2n) is 3.17. The number of hydrogen-bond acceptors (Lipinski definition) is 1. The Bertz CT molecular complexity index is 249. The van der Waals surface area contributed by atoms with Crippen molar-refractivity contribution >= 4 is 5.78 Å². The maximum absolute atomic E-state index is 11.4. The van der Waals surface area contributed by atoms with Crippen molar-refractivity contribution < 1.29 is 4.79 Å². The first kappa shape index (κ1) is 8.85. The molecule has 0 saturated carbocycles. The molecule has 1 nitrogen and oxygen atoms in total. The summed E-state index contributed by atoms with van der Waals surface area (Å²) in [7, 11) is 0. The minimum absolute atomic E-state index is 0.204. The molecule has 0 N–H and O–H groups in total. The number of carbonyl (C=O) groups excluding carboxylic acids is 1. The quantitative estimate of drug-likeness (QED) is 0.492. The fraction of sp³-hybridized carbons (Fsp3) is 0.273. The average molecular weight is 161 g/mol. The summed E-state index contributed by atoms with van der Waals surface area (Å²) < 4.78 is 0. The zero-order chi connectivity index (χ0) is 8.97. The van der Waals surface area contributed by atoms with Crippen LogP contribution < -0.4 is 0 Å². The molecule has 12 heavy (non-hydrogen) atoms. The summed E-state index contributed by atoms with van der Waals surface area (Å²) in [5.74, 6) is 1.36. The van der Waals surface area contributed by atoms with Crippen LogP contribution in [0.5, 0.6) is 0 Å². The summed E-state index contributed by atoms with van der Waals surface area (Å²) in [6.07, 6.45) is 0.560. The van der Waals surface area contributed by atoms with E-state index in [1.165, 1.54) is 0 Å². The second kappa shape index (κ2) is 3.96. The van der Waals surface area contributed by atoms with Gasteiger partial charge in [0.1, 0.15) is 0 Å². The molecule has 0 saturated heterocycles. The summed E-state index contributed by atoms with van der Waals surface area (Å²) in [6.45, 7) is 3.95. The molecule has 1 aromatic carbocycles. The van der Waals surface area contributed by atoms with Gasteiger partial charge in [0, 0.05) is 5.56 Å². The van der Waals surface area contributed by atoms with Crippen LogP contribution in [0.25, 0.3) is 0 Å². The van der Waals surface area contributed by atoms with E-state index in [4.69, 9.17) is 0 Å². The van der Waals surface area contributed by atoms with Gasteiger partial charge in [-0.1, -0.05) is 30.3 Å². The lowest BCUT2D eigenvalue weighted by molar-refractivity contribution is 0.0987. The van der Waals surface area contributed by atoms with E-state index in [2.05, 4.69) is 0 Å². The SMILES string of the molecule is C[C+](C)CC(=O)c1ccccc1. The van der Waals surface area contributed by atoms with E-state index in [9.17, 15) is 4.79 Å². The Morgan fingerprint density at radius 3 is 2.33 bits per heavy atom. The predicted octanol–water partition coefficient (Wildman–Crippen LogP) is 2.87. The van der Waals surface area contributed by atoms with Crippen LogP contribution in [0.15, 0.2) is 30.3 Å². The minimum atomic E-state index is 0.204. The van der Waals surface area contributed by atoms with Crippen molar-refractivity contribution in [1.82, 2.24) is 0 Å². The molecule has 62 valence electrons. The number of benzene rings is 1. The van der Waals surface area contributed by atoms with Crippen LogP contribution in [-0.2, 0) is 0 Å². The summed E-state index contributed by atoms with van der Waals surface area (Å²) in [4.78, 5) is 11.4. The van der Waals surface area contributed by atoms with Crippen LogP contribution in [0.3, 0.4) is 0 Å². The van der Waals surface area contributed by atoms with Crippen LogP contribution in [0.2, 0.25) is 0 Å². The highest BCUT2D eigenvalue weighted by Crippen LogP contribution is 2.09. The van der Waals surface area contributed by atoms with E-state index < -0.39 is 0 Å². The third kappa shape index (κ3) is 2.42. The Balaban J connectivity index is 2.66. The molecule has 1 rings (SSSR count). The normalized spacial score (nSPS) is 9.50. The van der Waals surface area contributed by atoms with E-state index in [1.54, 1.807) is 0 Å². The van der Waals surface area contributed by atoms with E-state index in [0.717, 1.165) is 11.5 Å². The van der Waals surface area contributed by atoms with Gasteiger partial charge in [-0.2, -0.15) is 0 Å². The highest BCUT2D eigenvalue weighted by atomic mass is 16.1. The number of Topliss-reactive ketones (excluding diaryl/α,β-unsaturated/α-hetero) is 1.